The molecule has 0 aliphatic rings. The molecule has 1 heterocycles. The van der Waals surface area contributed by atoms with Crippen molar-refractivity contribution in [2.45, 2.75) is 19.8 Å². The van der Waals surface area contributed by atoms with Crippen molar-refractivity contribution < 1.29 is 18.7 Å². The molecular weight excluding hydrogens is 335 g/mol. The Balaban J connectivity index is 2.17. The topological polar surface area (TPSA) is 67.5 Å². The minimum absolute atomic E-state index is 0.0295. The van der Waals surface area contributed by atoms with Crippen LogP contribution in [0.15, 0.2) is 51.7 Å². The molecule has 0 aliphatic carbocycles. The van der Waals surface area contributed by atoms with Crippen LogP contribution in [-0.4, -0.2) is 11.1 Å². The van der Waals surface area contributed by atoms with Crippen molar-refractivity contribution >= 4 is 29.1 Å². The fraction of sp³-hybridized carbons (Fsp3) is 0.143. The Morgan fingerprint density at radius 3 is 2.65 bits per heavy atom. The maximum atomic E-state index is 13.8. The molecule has 0 unspecified atom stereocenters. The zero-order chi connectivity index (χ0) is 18.7. The standard InChI is InChI=1S/C21H17FO4/c1-2-5-15-18(10-8-13-6-3-4-7-17(13)22)26-19-11-9-14(21(24)25)12-16(19)20(15)23/h3-4,6-12H,2,5H2,1H3,(H,24,25)/b10-8+. The Kier molecular flexibility index (Phi) is 4.98. The monoisotopic (exact) mass is 352 g/mol. The van der Waals surface area contributed by atoms with Crippen LogP contribution in [0.5, 0.6) is 0 Å². The summed E-state index contributed by atoms with van der Waals surface area (Å²) in [6, 6.07) is 10.5. The van der Waals surface area contributed by atoms with Crippen LogP contribution in [0.3, 0.4) is 0 Å². The molecule has 0 fully saturated rings. The molecule has 1 N–H and O–H groups in total. The van der Waals surface area contributed by atoms with Gasteiger partial charge in [-0.25, -0.2) is 9.18 Å². The zero-order valence-electron chi connectivity index (χ0n) is 14.2. The molecule has 0 radical (unpaired) electrons. The minimum Gasteiger partial charge on any atom is -0.478 e. The molecule has 26 heavy (non-hydrogen) atoms. The van der Waals surface area contributed by atoms with Gasteiger partial charge in [-0.2, -0.15) is 0 Å². The second-order valence-corrected chi connectivity index (χ2v) is 5.89. The lowest BCUT2D eigenvalue weighted by molar-refractivity contribution is 0.0697. The molecule has 0 spiro atoms. The quantitative estimate of drug-likeness (QED) is 0.719. The number of rotatable bonds is 5. The molecule has 1 aromatic heterocycles. The van der Waals surface area contributed by atoms with Crippen LogP contribution in [0.1, 0.15) is 40.6 Å². The van der Waals surface area contributed by atoms with Gasteiger partial charge in [0, 0.05) is 11.1 Å². The molecule has 132 valence electrons. The van der Waals surface area contributed by atoms with E-state index in [9.17, 15) is 14.0 Å². The van der Waals surface area contributed by atoms with Gasteiger partial charge in [-0.05, 0) is 42.8 Å². The molecule has 5 heteroatoms. The lowest BCUT2D eigenvalue weighted by Gasteiger charge is -2.07. The van der Waals surface area contributed by atoms with E-state index in [4.69, 9.17) is 9.52 Å². The van der Waals surface area contributed by atoms with Crippen molar-refractivity contribution in [1.82, 2.24) is 0 Å². The van der Waals surface area contributed by atoms with Crippen LogP contribution >= 0.6 is 0 Å². The molecule has 0 bridgehead atoms. The normalized spacial score (nSPS) is 11.3. The molecule has 0 atom stereocenters. The summed E-state index contributed by atoms with van der Waals surface area (Å²) in [5.74, 6) is -1.11. The highest BCUT2D eigenvalue weighted by Crippen LogP contribution is 2.21. The number of hydrogen-bond donors (Lipinski definition) is 1. The number of carbonyl (C=O) groups is 1. The fourth-order valence-corrected chi connectivity index (χ4v) is 2.78. The smallest absolute Gasteiger partial charge is 0.335 e. The molecule has 0 amide bonds. The Bertz CT molecular complexity index is 1060. The van der Waals surface area contributed by atoms with E-state index >= 15 is 0 Å². The summed E-state index contributed by atoms with van der Waals surface area (Å²) in [4.78, 5) is 24.0. The molecule has 3 aromatic rings. The first-order valence-corrected chi connectivity index (χ1v) is 8.27. The van der Waals surface area contributed by atoms with Gasteiger partial charge in [-0.3, -0.25) is 4.79 Å². The summed E-state index contributed by atoms with van der Waals surface area (Å²) in [5, 5.41) is 9.35. The summed E-state index contributed by atoms with van der Waals surface area (Å²) in [7, 11) is 0. The van der Waals surface area contributed by atoms with Gasteiger partial charge in [0.15, 0.2) is 5.43 Å². The Morgan fingerprint density at radius 1 is 1.19 bits per heavy atom. The fourth-order valence-electron chi connectivity index (χ4n) is 2.78. The number of aromatic carboxylic acids is 1. The summed E-state index contributed by atoms with van der Waals surface area (Å²) in [6.45, 7) is 1.93. The highest BCUT2D eigenvalue weighted by molar-refractivity contribution is 5.93. The summed E-state index contributed by atoms with van der Waals surface area (Å²) in [6.07, 6.45) is 4.33. The first-order chi connectivity index (χ1) is 12.5. The van der Waals surface area contributed by atoms with Gasteiger partial charge in [-0.15, -0.1) is 0 Å². The predicted molar refractivity (Wildman–Crippen MR) is 98.8 cm³/mol. The van der Waals surface area contributed by atoms with E-state index in [1.54, 1.807) is 30.4 Å². The zero-order valence-corrected chi connectivity index (χ0v) is 14.2. The third-order valence-electron chi connectivity index (χ3n) is 4.08. The number of hydrogen-bond acceptors (Lipinski definition) is 3. The van der Waals surface area contributed by atoms with Crippen LogP contribution in [0.25, 0.3) is 23.1 Å². The predicted octanol–water partition coefficient (Wildman–Crippen LogP) is 4.75. The minimum atomic E-state index is -1.10. The third-order valence-corrected chi connectivity index (χ3v) is 4.08. The third kappa shape index (κ3) is 3.42. The van der Waals surface area contributed by atoms with Crippen LogP contribution in [0.4, 0.5) is 4.39 Å². The van der Waals surface area contributed by atoms with Crippen molar-refractivity contribution in [2.24, 2.45) is 0 Å². The first-order valence-electron chi connectivity index (χ1n) is 8.27. The van der Waals surface area contributed by atoms with Crippen LogP contribution in [0.2, 0.25) is 0 Å². The van der Waals surface area contributed by atoms with Gasteiger partial charge >= 0.3 is 5.97 Å². The van der Waals surface area contributed by atoms with Crippen LogP contribution < -0.4 is 5.43 Å². The largest absolute Gasteiger partial charge is 0.478 e. The average Bonchev–Trinajstić information content (AvgIpc) is 2.63. The molecule has 0 saturated carbocycles. The van der Waals surface area contributed by atoms with Gasteiger partial charge in [0.1, 0.15) is 17.2 Å². The van der Waals surface area contributed by atoms with Gasteiger partial charge in [-0.1, -0.05) is 31.5 Å². The van der Waals surface area contributed by atoms with E-state index in [0.717, 1.165) is 6.42 Å². The van der Waals surface area contributed by atoms with Crippen molar-refractivity contribution in [3.8, 4) is 0 Å². The Labute approximate surface area is 149 Å². The van der Waals surface area contributed by atoms with E-state index in [0.29, 0.717) is 28.9 Å². The van der Waals surface area contributed by atoms with E-state index < -0.39 is 5.97 Å². The van der Waals surface area contributed by atoms with Gasteiger partial charge < -0.3 is 9.52 Å². The van der Waals surface area contributed by atoms with Crippen molar-refractivity contribution in [2.75, 3.05) is 0 Å². The molecule has 4 nitrogen and oxygen atoms in total. The van der Waals surface area contributed by atoms with E-state index in [1.807, 2.05) is 6.92 Å². The summed E-state index contributed by atoms with van der Waals surface area (Å²) in [5.41, 5.74) is 0.911. The maximum Gasteiger partial charge on any atom is 0.335 e. The van der Waals surface area contributed by atoms with Crippen LogP contribution in [-0.2, 0) is 6.42 Å². The Morgan fingerprint density at radius 2 is 1.96 bits per heavy atom. The lowest BCUT2D eigenvalue weighted by atomic mass is 10.0. The molecule has 3 rings (SSSR count). The van der Waals surface area contributed by atoms with Gasteiger partial charge in [0.2, 0.25) is 0 Å². The highest BCUT2D eigenvalue weighted by Gasteiger charge is 2.14. The number of carboxylic acids is 1. The molecule has 2 aromatic carbocycles. The second kappa shape index (κ2) is 7.35. The molecular formula is C21H17FO4. The molecule has 0 saturated heterocycles. The number of carboxylic acid groups (broad SMARTS) is 1. The van der Waals surface area contributed by atoms with Gasteiger partial charge in [0.05, 0.1) is 10.9 Å². The van der Waals surface area contributed by atoms with Crippen LogP contribution in [0, 0.1) is 5.82 Å². The SMILES string of the molecule is CCCc1c(/C=C/c2ccccc2F)oc2ccc(C(=O)O)cc2c1=O. The highest BCUT2D eigenvalue weighted by atomic mass is 19.1. The van der Waals surface area contributed by atoms with Crippen molar-refractivity contribution in [3.05, 3.63) is 81.0 Å². The lowest BCUT2D eigenvalue weighted by Crippen LogP contribution is -2.12. The molecule has 0 aliphatic heterocycles. The summed E-state index contributed by atoms with van der Waals surface area (Å²) < 4.78 is 19.6. The maximum absolute atomic E-state index is 13.8. The van der Waals surface area contributed by atoms with E-state index in [2.05, 4.69) is 0 Å². The number of fused-ring (bicyclic) bond motifs is 1. The van der Waals surface area contributed by atoms with Crippen molar-refractivity contribution in [1.29, 1.82) is 0 Å². The van der Waals surface area contributed by atoms with Gasteiger partial charge in [0.25, 0.3) is 0 Å². The summed E-state index contributed by atoms with van der Waals surface area (Å²) >= 11 is 0. The number of benzene rings is 2. The average molecular weight is 352 g/mol. The van der Waals surface area contributed by atoms with Crippen molar-refractivity contribution in [3.63, 3.8) is 0 Å². The number of halogens is 1. The first kappa shape index (κ1) is 17.6. The second-order valence-electron chi connectivity index (χ2n) is 5.89. The van der Waals surface area contributed by atoms with E-state index in [1.165, 1.54) is 24.3 Å². The Hall–Kier alpha value is -3.21. The van der Waals surface area contributed by atoms with E-state index in [-0.39, 0.29) is 22.2 Å².